The standard InChI is InChI=1S/C78H74N2O6/c1-7-41-83-73-55-29-23-30-56(73)44-60-48-64(78(82-6)67-35-17-21-39-71(67)80(4)72-40-22-18-36-68(72)78)50-62(76(60)86-52-54-27-13-10-14-28-54)46-58-32-24-31-57(74(58)84-42-8-2)45-61-49-63(47-59(43-55)75(61)85-51-53-25-11-9-12-26-53)77(81-5)65-33-15-19-37-69(65)79(3)70-38-20-16-34-66(70)77/h9-40,47-50H,7-8,41-46,51-52H2,1-6H3. The van der Waals surface area contributed by atoms with Crippen LogP contribution in [0.2, 0.25) is 0 Å². The van der Waals surface area contributed by atoms with Crippen LogP contribution in [0.4, 0.5) is 22.7 Å². The lowest BCUT2D eigenvalue weighted by Gasteiger charge is -2.44. The van der Waals surface area contributed by atoms with Crippen LogP contribution in [0.3, 0.4) is 0 Å². The second kappa shape index (κ2) is 24.1. The number of anilines is 4. The smallest absolute Gasteiger partial charge is 0.147 e. The van der Waals surface area contributed by atoms with E-state index in [0.717, 1.165) is 148 Å². The Balaban J connectivity index is 1.10. The summed E-state index contributed by atoms with van der Waals surface area (Å²) in [6.07, 6.45) is 3.65. The second-order valence-corrected chi connectivity index (χ2v) is 23.0. The van der Waals surface area contributed by atoms with Gasteiger partial charge in [0.1, 0.15) is 47.4 Å². The molecule has 432 valence electrons. The molecule has 13 rings (SSSR count). The highest BCUT2D eigenvalue weighted by atomic mass is 16.5. The third kappa shape index (κ3) is 9.94. The summed E-state index contributed by atoms with van der Waals surface area (Å²) < 4.78 is 43.3. The van der Waals surface area contributed by atoms with Crippen molar-refractivity contribution in [3.05, 3.63) is 307 Å². The lowest BCUT2D eigenvalue weighted by Crippen LogP contribution is -2.38. The Labute approximate surface area is 507 Å². The van der Waals surface area contributed by atoms with Gasteiger partial charge in [-0.15, -0.1) is 0 Å². The largest absolute Gasteiger partial charge is 0.493 e. The monoisotopic (exact) mass is 1130 g/mol. The number of hydrogen-bond donors (Lipinski definition) is 0. The molecule has 2 aliphatic heterocycles. The van der Waals surface area contributed by atoms with Gasteiger partial charge in [0.2, 0.25) is 0 Å². The lowest BCUT2D eigenvalue weighted by molar-refractivity contribution is 0.0578. The maximum absolute atomic E-state index is 7.35. The first-order valence-electron chi connectivity index (χ1n) is 30.4. The van der Waals surface area contributed by atoms with Crippen LogP contribution < -0.4 is 28.7 Å². The quantitative estimate of drug-likeness (QED) is 0.0948. The molecule has 10 aromatic rings. The first-order valence-corrected chi connectivity index (χ1v) is 30.4. The van der Waals surface area contributed by atoms with E-state index < -0.39 is 11.2 Å². The van der Waals surface area contributed by atoms with Crippen molar-refractivity contribution in [3.63, 3.8) is 0 Å². The molecular weight excluding hydrogens is 1060 g/mol. The normalized spacial score (nSPS) is 14.3. The molecule has 0 aromatic heterocycles. The molecule has 3 aliphatic rings. The van der Waals surface area contributed by atoms with Crippen LogP contribution in [-0.4, -0.2) is 41.5 Å². The van der Waals surface area contributed by atoms with E-state index in [4.69, 9.17) is 28.4 Å². The molecule has 0 amide bonds. The minimum Gasteiger partial charge on any atom is -0.493 e. The molecule has 0 atom stereocenters. The molecule has 8 nitrogen and oxygen atoms in total. The highest BCUT2D eigenvalue weighted by Gasteiger charge is 2.47. The van der Waals surface area contributed by atoms with Crippen LogP contribution in [0.15, 0.2) is 218 Å². The minimum absolute atomic E-state index is 0.376. The first-order chi connectivity index (χ1) is 42.3. The molecule has 10 aromatic carbocycles. The van der Waals surface area contributed by atoms with Crippen LogP contribution in [0, 0.1) is 0 Å². The summed E-state index contributed by atoms with van der Waals surface area (Å²) in [5, 5.41) is 0. The summed E-state index contributed by atoms with van der Waals surface area (Å²) >= 11 is 0. The van der Waals surface area contributed by atoms with Crippen LogP contribution in [0.25, 0.3) is 0 Å². The molecule has 0 saturated heterocycles. The zero-order valence-corrected chi connectivity index (χ0v) is 50.2. The molecule has 0 radical (unpaired) electrons. The van der Waals surface area contributed by atoms with Crippen LogP contribution in [0.5, 0.6) is 23.0 Å². The number of rotatable bonds is 16. The summed E-state index contributed by atoms with van der Waals surface area (Å²) in [5.41, 5.74) is 19.1. The number of methoxy groups -OCH3 is 2. The highest BCUT2D eigenvalue weighted by Crippen LogP contribution is 2.56. The number of para-hydroxylation sites is 6. The summed E-state index contributed by atoms with van der Waals surface area (Å²) in [4.78, 5) is 4.57. The summed E-state index contributed by atoms with van der Waals surface area (Å²) in [6.45, 7) is 6.17. The Kier molecular flexibility index (Phi) is 15.7. The summed E-state index contributed by atoms with van der Waals surface area (Å²) in [7, 11) is 8.01. The van der Waals surface area contributed by atoms with Crippen molar-refractivity contribution in [3.8, 4) is 23.0 Å². The van der Waals surface area contributed by atoms with Crippen molar-refractivity contribution in [2.45, 2.75) is 76.8 Å². The van der Waals surface area contributed by atoms with Gasteiger partial charge in [0.25, 0.3) is 0 Å². The molecular formula is C78H74N2O6. The average molecular weight is 1140 g/mol. The zero-order chi connectivity index (χ0) is 58.8. The van der Waals surface area contributed by atoms with E-state index in [9.17, 15) is 0 Å². The summed E-state index contributed by atoms with van der Waals surface area (Å²) in [6, 6.07) is 78.3. The van der Waals surface area contributed by atoms with Gasteiger partial charge in [0.15, 0.2) is 0 Å². The van der Waals surface area contributed by atoms with E-state index in [1.54, 1.807) is 0 Å². The second-order valence-electron chi connectivity index (χ2n) is 23.0. The Morgan fingerprint density at radius 1 is 0.326 bits per heavy atom. The van der Waals surface area contributed by atoms with E-state index in [-0.39, 0.29) is 0 Å². The molecule has 1 aliphatic carbocycles. The van der Waals surface area contributed by atoms with Crippen molar-refractivity contribution in [1.29, 1.82) is 0 Å². The fourth-order valence-electron chi connectivity index (χ4n) is 13.8. The van der Waals surface area contributed by atoms with Gasteiger partial charge in [-0.25, -0.2) is 0 Å². The van der Waals surface area contributed by atoms with Crippen molar-refractivity contribution in [1.82, 2.24) is 0 Å². The van der Waals surface area contributed by atoms with Gasteiger partial charge in [-0.3, -0.25) is 0 Å². The van der Waals surface area contributed by atoms with Gasteiger partial charge < -0.3 is 38.2 Å². The number of ether oxygens (including phenoxy) is 6. The lowest BCUT2D eigenvalue weighted by atomic mass is 9.74. The molecule has 0 spiro atoms. The van der Waals surface area contributed by atoms with E-state index >= 15 is 0 Å². The van der Waals surface area contributed by atoms with Gasteiger partial charge >= 0.3 is 0 Å². The molecule has 8 heteroatoms. The van der Waals surface area contributed by atoms with E-state index in [0.29, 0.717) is 52.1 Å². The fraction of sp³-hybridized carbons (Fsp3) is 0.231. The molecule has 0 unspecified atom stereocenters. The van der Waals surface area contributed by atoms with Crippen molar-refractivity contribution in [2.75, 3.05) is 51.3 Å². The SMILES string of the molecule is CCCOc1c2cccc1Cc1cc(C3(OC)c4ccccc4N(C)c4ccccc43)cc(c1OCc1ccccc1)Cc1cccc(c1OCCC)Cc1cc(C3(OC)c4ccccc4N(C)c4ccccc43)cc(c1OCc1ccccc1)C2. The van der Waals surface area contributed by atoms with Gasteiger partial charge in [0.05, 0.1) is 13.2 Å². The third-order valence-corrected chi connectivity index (χ3v) is 17.7. The van der Waals surface area contributed by atoms with Crippen molar-refractivity contribution < 1.29 is 28.4 Å². The fourth-order valence-corrected chi connectivity index (χ4v) is 13.8. The topological polar surface area (TPSA) is 61.9 Å². The zero-order valence-electron chi connectivity index (χ0n) is 50.2. The van der Waals surface area contributed by atoms with Gasteiger partial charge in [-0.2, -0.15) is 0 Å². The molecule has 86 heavy (non-hydrogen) atoms. The highest BCUT2D eigenvalue weighted by molar-refractivity contribution is 5.81. The molecule has 2 heterocycles. The first kappa shape index (κ1) is 56.1. The van der Waals surface area contributed by atoms with Crippen molar-refractivity contribution >= 4 is 22.7 Å². The number of nitrogens with zero attached hydrogens (tertiary/aromatic N) is 2. The molecule has 0 saturated carbocycles. The summed E-state index contributed by atoms with van der Waals surface area (Å²) in [5.74, 6) is 3.38. The number of hydrogen-bond acceptors (Lipinski definition) is 8. The average Bonchev–Trinajstić information content (AvgIpc) is 0.741. The van der Waals surface area contributed by atoms with Crippen molar-refractivity contribution in [2.24, 2.45) is 0 Å². The molecule has 8 bridgehead atoms. The van der Waals surface area contributed by atoms with Crippen LogP contribution in [0.1, 0.15) is 116 Å². The predicted octanol–water partition coefficient (Wildman–Crippen LogP) is 17.1. The molecule has 0 N–H and O–H groups in total. The Morgan fingerprint density at radius 3 is 0.895 bits per heavy atom. The van der Waals surface area contributed by atoms with Crippen LogP contribution in [-0.2, 0) is 59.6 Å². The predicted molar refractivity (Wildman–Crippen MR) is 346 cm³/mol. The van der Waals surface area contributed by atoms with Crippen LogP contribution >= 0.6 is 0 Å². The third-order valence-electron chi connectivity index (χ3n) is 17.7. The van der Waals surface area contributed by atoms with Gasteiger partial charge in [0, 0.05) is 99.0 Å². The Bertz CT molecular complexity index is 3630. The van der Waals surface area contributed by atoms with Gasteiger partial charge in [-0.1, -0.05) is 184 Å². The van der Waals surface area contributed by atoms with Gasteiger partial charge in [-0.05, 0) is 128 Å². The maximum Gasteiger partial charge on any atom is 0.147 e. The number of benzene rings is 10. The Morgan fingerprint density at radius 2 is 0.605 bits per heavy atom. The Hall–Kier alpha value is -9.08. The number of fused-ring (bicyclic) bond motifs is 12. The maximum atomic E-state index is 7.35. The minimum atomic E-state index is -1.00. The van der Waals surface area contributed by atoms with E-state index in [2.05, 4.69) is 256 Å². The molecule has 0 fully saturated rings. The van der Waals surface area contributed by atoms with E-state index in [1.165, 1.54) is 0 Å². The van der Waals surface area contributed by atoms with E-state index in [1.807, 2.05) is 14.2 Å².